The molecule has 1 aliphatic carbocycles. The average molecular weight is 555 g/mol. The van der Waals surface area contributed by atoms with Gasteiger partial charge in [0.1, 0.15) is 4.90 Å². The van der Waals surface area contributed by atoms with Gasteiger partial charge in [-0.3, -0.25) is 4.79 Å². The first kappa shape index (κ1) is 24.0. The lowest BCUT2D eigenvalue weighted by Gasteiger charge is -2.28. The maximum atomic E-state index is 13.8. The van der Waals surface area contributed by atoms with Gasteiger partial charge in [0, 0.05) is 29.3 Å². The smallest absolute Gasteiger partial charge is 0.256 e. The molecule has 0 bridgehead atoms. The maximum Gasteiger partial charge on any atom is 0.256 e. The first-order valence-corrected chi connectivity index (χ1v) is 14.2. The first-order chi connectivity index (χ1) is 16.9. The minimum Gasteiger partial charge on any atom is -0.370 e. The summed E-state index contributed by atoms with van der Waals surface area (Å²) in [4.78, 5) is 15.2. The Labute approximate surface area is 214 Å². The predicted molar refractivity (Wildman–Crippen MR) is 142 cm³/mol. The van der Waals surface area contributed by atoms with E-state index in [4.69, 9.17) is 0 Å². The summed E-state index contributed by atoms with van der Waals surface area (Å²) in [6.07, 6.45) is 4.72. The van der Waals surface area contributed by atoms with Crippen LogP contribution in [0.1, 0.15) is 53.2 Å². The predicted octanol–water partition coefficient (Wildman–Crippen LogP) is 5.66. The highest BCUT2D eigenvalue weighted by molar-refractivity contribution is 9.10. The lowest BCUT2D eigenvalue weighted by Crippen LogP contribution is -2.32. The van der Waals surface area contributed by atoms with Gasteiger partial charge in [-0.15, -0.1) is 0 Å². The molecule has 0 radical (unpaired) electrons. The number of carbonyl (C=O) groups excluding carboxylic acids is 1. The highest BCUT2D eigenvalue weighted by atomic mass is 79.9. The fourth-order valence-corrected chi connectivity index (χ4v) is 6.96. The molecule has 1 heterocycles. The highest BCUT2D eigenvalue weighted by Gasteiger charge is 2.29. The van der Waals surface area contributed by atoms with Crippen LogP contribution in [0.2, 0.25) is 0 Å². The number of anilines is 2. The summed E-state index contributed by atoms with van der Waals surface area (Å²) >= 11 is 3.41. The van der Waals surface area contributed by atoms with Crippen molar-refractivity contribution in [3.8, 4) is 0 Å². The number of nitrogens with zero attached hydrogens (tertiary/aromatic N) is 1. The minimum atomic E-state index is -3.85. The molecule has 182 valence electrons. The molecule has 0 aromatic heterocycles. The van der Waals surface area contributed by atoms with E-state index in [1.807, 2.05) is 30.3 Å². The van der Waals surface area contributed by atoms with Crippen LogP contribution in [0.4, 0.5) is 11.4 Å². The molecule has 1 saturated heterocycles. The van der Waals surface area contributed by atoms with Crippen LogP contribution >= 0.6 is 15.9 Å². The number of carbonyl (C=O) groups is 1. The van der Waals surface area contributed by atoms with Crippen LogP contribution in [-0.4, -0.2) is 27.4 Å². The third-order valence-electron chi connectivity index (χ3n) is 6.74. The molecule has 1 fully saturated rings. The third-order valence-corrected chi connectivity index (χ3v) is 8.93. The largest absolute Gasteiger partial charge is 0.370 e. The summed E-state index contributed by atoms with van der Waals surface area (Å²) in [6.45, 7) is 1.63. The molecule has 0 spiro atoms. The number of fused-ring (bicyclic) bond motifs is 1. The van der Waals surface area contributed by atoms with E-state index in [-0.39, 0.29) is 16.8 Å². The molecule has 1 unspecified atom stereocenters. The van der Waals surface area contributed by atoms with Gasteiger partial charge in [-0.25, -0.2) is 13.1 Å². The molecule has 1 atom stereocenters. The van der Waals surface area contributed by atoms with E-state index in [9.17, 15) is 13.2 Å². The van der Waals surface area contributed by atoms with Crippen molar-refractivity contribution in [1.29, 1.82) is 0 Å². The van der Waals surface area contributed by atoms with Crippen LogP contribution in [0.5, 0.6) is 0 Å². The summed E-state index contributed by atoms with van der Waals surface area (Å²) in [7, 11) is -3.85. The second-order valence-electron chi connectivity index (χ2n) is 9.08. The van der Waals surface area contributed by atoms with Gasteiger partial charge < -0.3 is 10.2 Å². The Morgan fingerprint density at radius 1 is 0.943 bits per heavy atom. The van der Waals surface area contributed by atoms with E-state index >= 15 is 0 Å². The average Bonchev–Trinajstić information content (AvgIpc) is 3.39. The minimum absolute atomic E-state index is 0.201. The van der Waals surface area contributed by atoms with Gasteiger partial charge in [0.05, 0.1) is 11.3 Å². The van der Waals surface area contributed by atoms with Crippen molar-refractivity contribution in [2.75, 3.05) is 23.3 Å². The van der Waals surface area contributed by atoms with Gasteiger partial charge >= 0.3 is 0 Å². The standard InChI is InChI=1S/C27H28BrN3O3S/c28-23-12-4-3-11-22(23)27(32)29-20-14-15-25(31-16-5-6-17-31)26(18-20)35(33,34)30-24-13-7-9-19-8-1-2-10-21(19)24/h1-4,8,10-12,14-15,18,24,30H,5-7,9,13,16-17H2,(H,29,32). The molecule has 3 aromatic rings. The lowest BCUT2D eigenvalue weighted by atomic mass is 9.88. The Balaban J connectivity index is 1.48. The molecule has 0 saturated carbocycles. The van der Waals surface area contributed by atoms with Gasteiger partial charge in [0.25, 0.3) is 5.91 Å². The van der Waals surface area contributed by atoms with Gasteiger partial charge in [0.15, 0.2) is 0 Å². The number of nitrogens with one attached hydrogen (secondary N) is 2. The van der Waals surface area contributed by atoms with Crippen molar-refractivity contribution in [2.45, 2.75) is 43.0 Å². The van der Waals surface area contributed by atoms with E-state index in [1.54, 1.807) is 30.3 Å². The molecule has 1 aliphatic heterocycles. The van der Waals surface area contributed by atoms with Crippen molar-refractivity contribution < 1.29 is 13.2 Å². The molecule has 6 nitrogen and oxygen atoms in total. The van der Waals surface area contributed by atoms with Crippen LogP contribution in [0, 0.1) is 0 Å². The number of hydrogen-bond acceptors (Lipinski definition) is 4. The first-order valence-electron chi connectivity index (χ1n) is 12.0. The van der Waals surface area contributed by atoms with Crippen molar-refractivity contribution in [3.63, 3.8) is 0 Å². The molecule has 1 amide bonds. The van der Waals surface area contributed by atoms with E-state index in [0.29, 0.717) is 21.4 Å². The fraction of sp³-hybridized carbons (Fsp3) is 0.296. The summed E-state index contributed by atoms with van der Waals surface area (Å²) < 4.78 is 31.2. The molecule has 5 rings (SSSR count). The van der Waals surface area contributed by atoms with E-state index in [1.165, 1.54) is 5.56 Å². The SMILES string of the molecule is O=C(Nc1ccc(N2CCCC2)c(S(=O)(=O)NC2CCCc3ccccc32)c1)c1ccccc1Br. The number of hydrogen-bond donors (Lipinski definition) is 2. The Hall–Kier alpha value is -2.68. The molecule has 35 heavy (non-hydrogen) atoms. The van der Waals surface area contributed by atoms with Crippen LogP contribution in [0.25, 0.3) is 0 Å². The van der Waals surface area contributed by atoms with E-state index in [0.717, 1.165) is 50.8 Å². The normalized spacial score (nSPS) is 17.7. The molecule has 2 N–H and O–H groups in total. The monoisotopic (exact) mass is 553 g/mol. The lowest BCUT2D eigenvalue weighted by molar-refractivity contribution is 0.102. The van der Waals surface area contributed by atoms with Crippen LogP contribution in [-0.2, 0) is 16.4 Å². The summed E-state index contributed by atoms with van der Waals surface area (Å²) in [5, 5.41) is 2.87. The van der Waals surface area contributed by atoms with Crippen LogP contribution < -0.4 is 14.9 Å². The summed E-state index contributed by atoms with van der Waals surface area (Å²) in [5.74, 6) is -0.302. The fourth-order valence-electron chi connectivity index (χ4n) is 5.00. The second kappa shape index (κ2) is 10.1. The van der Waals surface area contributed by atoms with Crippen LogP contribution in [0.15, 0.2) is 76.1 Å². The zero-order valence-corrected chi connectivity index (χ0v) is 21.7. The Morgan fingerprint density at radius 2 is 1.69 bits per heavy atom. The second-order valence-corrected chi connectivity index (χ2v) is 11.6. The molecule has 8 heteroatoms. The Bertz CT molecular complexity index is 1350. The molecular weight excluding hydrogens is 526 g/mol. The number of aryl methyl sites for hydroxylation is 1. The third kappa shape index (κ3) is 5.15. The topological polar surface area (TPSA) is 78.5 Å². The van der Waals surface area contributed by atoms with E-state index in [2.05, 4.69) is 36.9 Å². The van der Waals surface area contributed by atoms with Crippen molar-refractivity contribution in [1.82, 2.24) is 4.72 Å². The van der Waals surface area contributed by atoms with Gasteiger partial charge in [0.2, 0.25) is 10.0 Å². The molecular formula is C27H28BrN3O3S. The van der Waals surface area contributed by atoms with Gasteiger partial charge in [-0.1, -0.05) is 36.4 Å². The molecule has 2 aliphatic rings. The quantitative estimate of drug-likeness (QED) is 0.413. The van der Waals surface area contributed by atoms with Crippen LogP contribution in [0.3, 0.4) is 0 Å². The number of halogens is 1. The number of rotatable bonds is 6. The molecule has 3 aromatic carbocycles. The highest BCUT2D eigenvalue weighted by Crippen LogP contribution is 2.35. The number of sulfonamides is 1. The number of benzene rings is 3. The Kier molecular flexibility index (Phi) is 6.95. The van der Waals surface area contributed by atoms with Crippen molar-refractivity contribution >= 4 is 43.2 Å². The van der Waals surface area contributed by atoms with Gasteiger partial charge in [-0.2, -0.15) is 0 Å². The number of amides is 1. The van der Waals surface area contributed by atoms with Crippen molar-refractivity contribution in [3.05, 3.63) is 87.9 Å². The zero-order valence-electron chi connectivity index (χ0n) is 19.3. The Morgan fingerprint density at radius 3 is 2.49 bits per heavy atom. The van der Waals surface area contributed by atoms with Gasteiger partial charge in [-0.05, 0) is 89.5 Å². The summed E-state index contributed by atoms with van der Waals surface area (Å²) in [5.41, 5.74) is 3.85. The van der Waals surface area contributed by atoms with Crippen molar-refractivity contribution in [2.24, 2.45) is 0 Å². The maximum absolute atomic E-state index is 13.8. The zero-order chi connectivity index (χ0) is 24.4. The summed E-state index contributed by atoms with van der Waals surface area (Å²) in [6, 6.07) is 20.1. The van der Waals surface area contributed by atoms with E-state index < -0.39 is 10.0 Å².